The third-order valence-electron chi connectivity index (χ3n) is 3.89. The predicted molar refractivity (Wildman–Crippen MR) is 94.5 cm³/mol. The molecule has 4 nitrogen and oxygen atoms in total. The van der Waals surface area contributed by atoms with Gasteiger partial charge in [-0.05, 0) is 49.4 Å². The Morgan fingerprint density at radius 3 is 2.48 bits per heavy atom. The monoisotopic (exact) mass is 335 g/mol. The van der Waals surface area contributed by atoms with Crippen LogP contribution in [-0.2, 0) is 0 Å². The summed E-state index contributed by atoms with van der Waals surface area (Å²) in [5.74, 6) is 1.45. The van der Waals surface area contributed by atoms with Gasteiger partial charge in [-0.3, -0.25) is 0 Å². The molecular formula is C18H25NO3S. The largest absolute Gasteiger partial charge is 0.493 e. The summed E-state index contributed by atoms with van der Waals surface area (Å²) in [7, 11) is 3.27. The Morgan fingerprint density at radius 2 is 1.87 bits per heavy atom. The highest BCUT2D eigenvalue weighted by Gasteiger charge is 2.16. The van der Waals surface area contributed by atoms with E-state index in [2.05, 4.69) is 19.2 Å². The van der Waals surface area contributed by atoms with E-state index >= 15 is 0 Å². The molecule has 0 spiro atoms. The maximum atomic E-state index is 10.2. The molecule has 2 aromatic rings. The topological polar surface area (TPSA) is 50.7 Å². The number of aliphatic hydroxyl groups excluding tert-OH is 1. The third-order valence-corrected chi connectivity index (χ3v) is 4.86. The molecule has 5 heteroatoms. The van der Waals surface area contributed by atoms with E-state index in [1.807, 2.05) is 35.7 Å². The van der Waals surface area contributed by atoms with Crippen molar-refractivity contribution in [3.63, 3.8) is 0 Å². The van der Waals surface area contributed by atoms with E-state index in [1.54, 1.807) is 25.6 Å². The molecule has 1 aromatic carbocycles. The number of methoxy groups -OCH3 is 2. The Kier molecular flexibility index (Phi) is 6.45. The summed E-state index contributed by atoms with van der Waals surface area (Å²) in [4.78, 5) is 1.01. The fourth-order valence-corrected chi connectivity index (χ4v) is 3.37. The Hall–Kier alpha value is -1.56. The normalized spacial score (nSPS) is 15.0. The van der Waals surface area contributed by atoms with Gasteiger partial charge in [-0.15, -0.1) is 11.3 Å². The number of ether oxygens (including phenoxy) is 2. The van der Waals surface area contributed by atoms with Crippen LogP contribution in [0.5, 0.6) is 11.5 Å². The van der Waals surface area contributed by atoms with Gasteiger partial charge >= 0.3 is 0 Å². The van der Waals surface area contributed by atoms with Crippen molar-refractivity contribution in [2.75, 3.05) is 14.2 Å². The molecule has 0 saturated heterocycles. The molecule has 0 aliphatic carbocycles. The Bertz CT molecular complexity index is 600. The van der Waals surface area contributed by atoms with Crippen molar-refractivity contribution in [1.82, 2.24) is 5.32 Å². The first-order chi connectivity index (χ1) is 11.0. The molecule has 23 heavy (non-hydrogen) atoms. The number of thiophene rings is 1. The second kappa shape index (κ2) is 8.34. The van der Waals surface area contributed by atoms with Gasteiger partial charge in [0.15, 0.2) is 11.5 Å². The molecule has 2 N–H and O–H groups in total. The zero-order valence-corrected chi connectivity index (χ0v) is 14.9. The van der Waals surface area contributed by atoms with E-state index in [9.17, 15) is 5.11 Å². The van der Waals surface area contributed by atoms with E-state index in [-0.39, 0.29) is 12.1 Å². The minimum atomic E-state index is -0.421. The zero-order chi connectivity index (χ0) is 16.8. The van der Waals surface area contributed by atoms with Gasteiger partial charge in [0.25, 0.3) is 0 Å². The van der Waals surface area contributed by atoms with Gasteiger partial charge in [0, 0.05) is 17.0 Å². The average Bonchev–Trinajstić information content (AvgIpc) is 3.08. The van der Waals surface area contributed by atoms with Crippen LogP contribution >= 0.6 is 11.3 Å². The molecule has 126 valence electrons. The Labute approximate surface area is 142 Å². The summed E-state index contributed by atoms with van der Waals surface area (Å²) in [6.45, 7) is 4.20. The molecule has 0 bridgehead atoms. The number of nitrogens with one attached hydrogen (secondary N) is 1. The standard InChI is InChI=1S/C18H25NO3S/c1-12(10-15(20)18-6-5-9-23-18)19-13(2)14-7-8-16(21-3)17(11-14)22-4/h5-9,11-13,15,19-20H,10H2,1-4H3. The molecule has 0 amide bonds. The molecular weight excluding hydrogens is 310 g/mol. The van der Waals surface area contributed by atoms with Crippen LogP contribution < -0.4 is 14.8 Å². The number of aliphatic hydroxyl groups is 1. The van der Waals surface area contributed by atoms with Gasteiger partial charge in [-0.2, -0.15) is 0 Å². The number of rotatable bonds is 8. The molecule has 2 rings (SSSR count). The summed E-state index contributed by atoms with van der Waals surface area (Å²) in [5.41, 5.74) is 1.13. The zero-order valence-electron chi connectivity index (χ0n) is 14.1. The summed E-state index contributed by atoms with van der Waals surface area (Å²) in [6.07, 6.45) is 0.258. The summed E-state index contributed by atoms with van der Waals surface area (Å²) < 4.78 is 10.6. The summed E-state index contributed by atoms with van der Waals surface area (Å²) >= 11 is 1.59. The number of hydrogen-bond acceptors (Lipinski definition) is 5. The van der Waals surface area contributed by atoms with Crippen molar-refractivity contribution in [3.05, 3.63) is 46.2 Å². The third kappa shape index (κ3) is 4.70. The molecule has 1 heterocycles. The summed E-state index contributed by atoms with van der Waals surface area (Å²) in [5, 5.41) is 15.8. The first-order valence-corrected chi connectivity index (χ1v) is 8.62. The van der Waals surface area contributed by atoms with Gasteiger partial charge in [-0.1, -0.05) is 12.1 Å². The molecule has 0 fully saturated rings. The van der Waals surface area contributed by atoms with E-state index in [4.69, 9.17) is 9.47 Å². The smallest absolute Gasteiger partial charge is 0.161 e. The highest BCUT2D eigenvalue weighted by atomic mass is 32.1. The lowest BCUT2D eigenvalue weighted by atomic mass is 10.0. The van der Waals surface area contributed by atoms with Crippen LogP contribution in [0, 0.1) is 0 Å². The van der Waals surface area contributed by atoms with Gasteiger partial charge in [-0.25, -0.2) is 0 Å². The van der Waals surface area contributed by atoms with Crippen molar-refractivity contribution >= 4 is 11.3 Å². The van der Waals surface area contributed by atoms with Crippen molar-refractivity contribution in [2.45, 2.75) is 38.5 Å². The first kappa shape index (κ1) is 17.8. The first-order valence-electron chi connectivity index (χ1n) is 7.74. The lowest BCUT2D eigenvalue weighted by Gasteiger charge is -2.23. The van der Waals surface area contributed by atoms with E-state index < -0.39 is 6.10 Å². The van der Waals surface area contributed by atoms with Crippen LogP contribution in [0.15, 0.2) is 35.7 Å². The van der Waals surface area contributed by atoms with Crippen LogP contribution in [0.25, 0.3) is 0 Å². The van der Waals surface area contributed by atoms with Crippen molar-refractivity contribution in [2.24, 2.45) is 0 Å². The molecule has 0 radical (unpaired) electrons. The van der Waals surface area contributed by atoms with Gasteiger partial charge in [0.05, 0.1) is 20.3 Å². The fraction of sp³-hybridized carbons (Fsp3) is 0.444. The Balaban J connectivity index is 1.96. The minimum absolute atomic E-state index is 0.153. The lowest BCUT2D eigenvalue weighted by Crippen LogP contribution is -2.30. The van der Waals surface area contributed by atoms with Crippen molar-refractivity contribution < 1.29 is 14.6 Å². The fourth-order valence-electron chi connectivity index (χ4n) is 2.65. The van der Waals surface area contributed by atoms with E-state index in [0.717, 1.165) is 21.9 Å². The van der Waals surface area contributed by atoms with Crippen molar-refractivity contribution in [3.8, 4) is 11.5 Å². The molecule has 0 saturated carbocycles. The van der Waals surface area contributed by atoms with Crippen LogP contribution in [0.2, 0.25) is 0 Å². The number of hydrogen-bond donors (Lipinski definition) is 2. The summed E-state index contributed by atoms with van der Waals surface area (Å²) in [6, 6.07) is 10.2. The molecule has 1 aromatic heterocycles. The predicted octanol–water partition coefficient (Wildman–Crippen LogP) is 3.93. The second-order valence-corrected chi connectivity index (χ2v) is 6.65. The van der Waals surface area contributed by atoms with Crippen LogP contribution in [0.4, 0.5) is 0 Å². The Morgan fingerprint density at radius 1 is 1.13 bits per heavy atom. The van der Waals surface area contributed by atoms with Crippen molar-refractivity contribution in [1.29, 1.82) is 0 Å². The van der Waals surface area contributed by atoms with E-state index in [1.165, 1.54) is 0 Å². The lowest BCUT2D eigenvalue weighted by molar-refractivity contribution is 0.155. The van der Waals surface area contributed by atoms with Gasteiger partial charge < -0.3 is 19.9 Å². The van der Waals surface area contributed by atoms with E-state index in [0.29, 0.717) is 6.42 Å². The average molecular weight is 335 g/mol. The molecule has 3 atom stereocenters. The maximum Gasteiger partial charge on any atom is 0.161 e. The minimum Gasteiger partial charge on any atom is -0.493 e. The maximum absolute atomic E-state index is 10.2. The van der Waals surface area contributed by atoms with Crippen LogP contribution in [0.1, 0.15) is 42.9 Å². The van der Waals surface area contributed by atoms with Gasteiger partial charge in [0.2, 0.25) is 0 Å². The van der Waals surface area contributed by atoms with Crippen LogP contribution in [-0.4, -0.2) is 25.4 Å². The SMILES string of the molecule is COc1ccc(C(C)NC(C)CC(O)c2cccs2)cc1OC. The van der Waals surface area contributed by atoms with Crippen LogP contribution in [0.3, 0.4) is 0 Å². The van der Waals surface area contributed by atoms with Gasteiger partial charge in [0.1, 0.15) is 0 Å². The molecule has 0 aliphatic heterocycles. The molecule has 3 unspecified atom stereocenters. The highest BCUT2D eigenvalue weighted by Crippen LogP contribution is 2.30. The molecule has 0 aliphatic rings. The highest BCUT2D eigenvalue weighted by molar-refractivity contribution is 7.10. The quantitative estimate of drug-likeness (QED) is 0.767. The second-order valence-electron chi connectivity index (χ2n) is 5.67. The number of benzene rings is 1.